The average molecular weight is 237 g/mol. The van der Waals surface area contributed by atoms with E-state index in [-0.39, 0.29) is 5.91 Å². The lowest BCUT2D eigenvalue weighted by molar-refractivity contribution is 0.0960. The molecule has 0 aliphatic rings. The van der Waals surface area contributed by atoms with E-state index in [1.54, 1.807) is 12.4 Å². The van der Waals surface area contributed by atoms with Crippen molar-refractivity contribution in [2.45, 2.75) is 0 Å². The first-order chi connectivity index (χ1) is 8.84. The van der Waals surface area contributed by atoms with Gasteiger partial charge in [-0.2, -0.15) is 0 Å². The quantitative estimate of drug-likeness (QED) is 0.686. The second kappa shape index (κ2) is 4.33. The Bertz CT molecular complexity index is 637. The minimum atomic E-state index is -0.0773. The number of imidazole rings is 1. The predicted octanol–water partition coefficient (Wildman–Crippen LogP) is 2.36. The molecule has 3 rings (SSSR count). The number of nitrogens with zero attached hydrogens (tertiary/aromatic N) is 3. The number of rotatable bonds is 2. The number of aromatic nitrogens is 3. The summed E-state index contributed by atoms with van der Waals surface area (Å²) >= 11 is 0. The maximum atomic E-state index is 12.0. The minimum absolute atomic E-state index is 0.0773. The molecule has 1 aromatic carbocycles. The van der Waals surface area contributed by atoms with Crippen LogP contribution < -0.4 is 0 Å². The maximum Gasteiger partial charge on any atom is 0.263 e. The SMILES string of the molecule is O=C(c1ccc(-n2cccc2)cc1)n1ccnc1. The van der Waals surface area contributed by atoms with Crippen LogP contribution in [-0.2, 0) is 0 Å². The highest BCUT2D eigenvalue weighted by atomic mass is 16.2. The Balaban J connectivity index is 1.90. The van der Waals surface area contributed by atoms with Crippen LogP contribution in [0.4, 0.5) is 0 Å². The normalized spacial score (nSPS) is 10.4. The van der Waals surface area contributed by atoms with E-state index in [4.69, 9.17) is 0 Å². The molecule has 0 radical (unpaired) electrons. The van der Waals surface area contributed by atoms with Gasteiger partial charge in [0.05, 0.1) is 0 Å². The van der Waals surface area contributed by atoms with Crippen molar-refractivity contribution in [3.8, 4) is 5.69 Å². The van der Waals surface area contributed by atoms with Crippen LogP contribution in [0.15, 0.2) is 67.5 Å². The van der Waals surface area contributed by atoms with E-state index in [0.717, 1.165) is 5.69 Å². The molecule has 4 nitrogen and oxygen atoms in total. The van der Waals surface area contributed by atoms with E-state index in [1.165, 1.54) is 10.9 Å². The molecule has 0 unspecified atom stereocenters. The summed E-state index contributed by atoms with van der Waals surface area (Å²) in [5, 5.41) is 0. The molecule has 18 heavy (non-hydrogen) atoms. The smallest absolute Gasteiger partial charge is 0.263 e. The van der Waals surface area contributed by atoms with Gasteiger partial charge in [-0.3, -0.25) is 9.36 Å². The Morgan fingerprint density at radius 2 is 1.72 bits per heavy atom. The van der Waals surface area contributed by atoms with Gasteiger partial charge in [0.25, 0.3) is 5.91 Å². The summed E-state index contributed by atoms with van der Waals surface area (Å²) in [6.07, 6.45) is 8.66. The zero-order valence-electron chi connectivity index (χ0n) is 9.60. The predicted molar refractivity (Wildman–Crippen MR) is 67.7 cm³/mol. The second-order valence-corrected chi connectivity index (χ2v) is 3.91. The lowest BCUT2D eigenvalue weighted by Crippen LogP contribution is -2.09. The van der Waals surface area contributed by atoms with Gasteiger partial charge < -0.3 is 4.57 Å². The summed E-state index contributed by atoms with van der Waals surface area (Å²) in [7, 11) is 0. The van der Waals surface area contributed by atoms with Gasteiger partial charge in [0, 0.05) is 36.0 Å². The van der Waals surface area contributed by atoms with E-state index in [1.807, 2.05) is 53.4 Å². The molecule has 0 fully saturated rings. The molecular formula is C14H11N3O. The zero-order chi connectivity index (χ0) is 12.4. The molecule has 88 valence electrons. The molecule has 0 bridgehead atoms. The van der Waals surface area contributed by atoms with Crippen LogP contribution in [-0.4, -0.2) is 20.0 Å². The van der Waals surface area contributed by atoms with Gasteiger partial charge in [0.1, 0.15) is 6.33 Å². The topological polar surface area (TPSA) is 39.8 Å². The summed E-state index contributed by atoms with van der Waals surface area (Å²) < 4.78 is 3.45. The van der Waals surface area contributed by atoms with Crippen molar-refractivity contribution in [2.75, 3.05) is 0 Å². The monoisotopic (exact) mass is 237 g/mol. The molecule has 0 amide bonds. The number of carbonyl (C=O) groups is 1. The molecule has 2 heterocycles. The van der Waals surface area contributed by atoms with Crippen molar-refractivity contribution in [3.63, 3.8) is 0 Å². The molecule has 2 aromatic heterocycles. The minimum Gasteiger partial charge on any atom is -0.324 e. The highest BCUT2D eigenvalue weighted by Crippen LogP contribution is 2.11. The Morgan fingerprint density at radius 1 is 1.00 bits per heavy atom. The van der Waals surface area contributed by atoms with Crippen molar-refractivity contribution in [2.24, 2.45) is 0 Å². The van der Waals surface area contributed by atoms with E-state index < -0.39 is 0 Å². The van der Waals surface area contributed by atoms with Gasteiger partial charge in [-0.25, -0.2) is 4.98 Å². The third-order valence-corrected chi connectivity index (χ3v) is 2.76. The standard InChI is InChI=1S/C14H11N3O/c18-14(17-10-7-15-11-17)12-3-5-13(6-4-12)16-8-1-2-9-16/h1-11H. The lowest BCUT2D eigenvalue weighted by Gasteiger charge is -2.05. The van der Waals surface area contributed by atoms with Gasteiger partial charge >= 0.3 is 0 Å². The van der Waals surface area contributed by atoms with Crippen LogP contribution in [0, 0.1) is 0 Å². The summed E-state index contributed by atoms with van der Waals surface area (Å²) in [5.74, 6) is -0.0773. The fourth-order valence-corrected chi connectivity index (χ4v) is 1.81. The molecule has 0 atom stereocenters. The van der Waals surface area contributed by atoms with Gasteiger partial charge in [-0.05, 0) is 36.4 Å². The third kappa shape index (κ3) is 1.84. The summed E-state index contributed by atoms with van der Waals surface area (Å²) in [6, 6.07) is 11.4. The molecule has 3 aromatic rings. The summed E-state index contributed by atoms with van der Waals surface area (Å²) in [5.41, 5.74) is 1.67. The molecule has 0 saturated heterocycles. The van der Waals surface area contributed by atoms with E-state index >= 15 is 0 Å². The molecule has 0 saturated carbocycles. The number of hydrogen-bond acceptors (Lipinski definition) is 2. The van der Waals surface area contributed by atoms with Gasteiger partial charge in [0.15, 0.2) is 0 Å². The lowest BCUT2D eigenvalue weighted by atomic mass is 10.2. The van der Waals surface area contributed by atoms with Gasteiger partial charge in [0.2, 0.25) is 0 Å². The Labute approximate surface area is 104 Å². The van der Waals surface area contributed by atoms with Crippen LogP contribution in [0.25, 0.3) is 5.69 Å². The van der Waals surface area contributed by atoms with Crippen LogP contribution >= 0.6 is 0 Å². The summed E-state index contributed by atoms with van der Waals surface area (Å²) in [6.45, 7) is 0. The zero-order valence-corrected chi connectivity index (χ0v) is 9.60. The molecule has 0 aliphatic heterocycles. The molecule has 4 heteroatoms. The fraction of sp³-hybridized carbons (Fsp3) is 0. The first-order valence-electron chi connectivity index (χ1n) is 5.61. The van der Waals surface area contributed by atoms with Crippen molar-refractivity contribution >= 4 is 5.91 Å². The summed E-state index contributed by atoms with van der Waals surface area (Å²) in [4.78, 5) is 15.9. The highest BCUT2D eigenvalue weighted by Gasteiger charge is 2.07. The second-order valence-electron chi connectivity index (χ2n) is 3.91. The third-order valence-electron chi connectivity index (χ3n) is 2.76. The molecule has 0 N–H and O–H groups in total. The van der Waals surface area contributed by atoms with E-state index in [0.29, 0.717) is 5.56 Å². The van der Waals surface area contributed by atoms with Crippen molar-refractivity contribution in [1.29, 1.82) is 0 Å². The van der Waals surface area contributed by atoms with Crippen molar-refractivity contribution in [3.05, 3.63) is 73.1 Å². The van der Waals surface area contributed by atoms with E-state index in [2.05, 4.69) is 4.98 Å². The number of hydrogen-bond donors (Lipinski definition) is 0. The Kier molecular flexibility index (Phi) is 2.53. The Hall–Kier alpha value is -2.62. The maximum absolute atomic E-state index is 12.0. The molecule has 0 aliphatic carbocycles. The van der Waals surface area contributed by atoms with Crippen LogP contribution in [0.1, 0.15) is 10.4 Å². The van der Waals surface area contributed by atoms with Gasteiger partial charge in [-0.15, -0.1) is 0 Å². The van der Waals surface area contributed by atoms with Crippen LogP contribution in [0.3, 0.4) is 0 Å². The van der Waals surface area contributed by atoms with Crippen molar-refractivity contribution < 1.29 is 4.79 Å². The molecular weight excluding hydrogens is 226 g/mol. The van der Waals surface area contributed by atoms with Crippen LogP contribution in [0.5, 0.6) is 0 Å². The average Bonchev–Trinajstić information content (AvgIpc) is 3.11. The number of benzene rings is 1. The van der Waals surface area contributed by atoms with Crippen LogP contribution in [0.2, 0.25) is 0 Å². The largest absolute Gasteiger partial charge is 0.324 e. The van der Waals surface area contributed by atoms with Gasteiger partial charge in [-0.1, -0.05) is 0 Å². The Morgan fingerprint density at radius 3 is 2.33 bits per heavy atom. The molecule has 0 spiro atoms. The number of carbonyl (C=O) groups excluding carboxylic acids is 1. The van der Waals surface area contributed by atoms with E-state index in [9.17, 15) is 4.79 Å². The highest BCUT2D eigenvalue weighted by molar-refractivity contribution is 5.95. The first-order valence-corrected chi connectivity index (χ1v) is 5.61. The van der Waals surface area contributed by atoms with Crippen molar-refractivity contribution in [1.82, 2.24) is 14.1 Å². The first kappa shape index (κ1) is 10.5. The fourth-order valence-electron chi connectivity index (χ4n) is 1.81.